The number of halogens is 2. The van der Waals surface area contributed by atoms with Crippen LogP contribution in [0.15, 0.2) is 47.4 Å². The van der Waals surface area contributed by atoms with E-state index in [9.17, 15) is 8.42 Å². The Kier molecular flexibility index (Phi) is 4.58. The van der Waals surface area contributed by atoms with Crippen LogP contribution in [0.1, 0.15) is 5.56 Å². The second-order valence-electron chi connectivity index (χ2n) is 4.23. The second-order valence-corrected chi connectivity index (χ2v) is 6.95. The topological polar surface area (TPSA) is 43.4 Å². The summed E-state index contributed by atoms with van der Waals surface area (Å²) in [6, 6.07) is 11.4. The van der Waals surface area contributed by atoms with E-state index < -0.39 is 9.84 Å². The Morgan fingerprint density at radius 1 is 1.15 bits per heavy atom. The smallest absolute Gasteiger partial charge is 0.175 e. The summed E-state index contributed by atoms with van der Waals surface area (Å²) in [4.78, 5) is 0.199. The van der Waals surface area contributed by atoms with Gasteiger partial charge in [0.25, 0.3) is 0 Å². The summed E-state index contributed by atoms with van der Waals surface area (Å²) in [5.74, 6) is 1.21. The summed E-state index contributed by atoms with van der Waals surface area (Å²) in [6.45, 7) is 0. The number of ether oxygens (including phenoxy) is 1. The maximum atomic E-state index is 11.5. The van der Waals surface area contributed by atoms with Crippen molar-refractivity contribution in [1.82, 2.24) is 0 Å². The Hall–Kier alpha value is -1.23. The molecule has 0 saturated heterocycles. The molecule has 0 spiro atoms. The van der Waals surface area contributed by atoms with Gasteiger partial charge in [-0.05, 0) is 30.3 Å². The molecule has 2 rings (SSSR count). The molecule has 2 aromatic rings. The molecule has 0 atom stereocenters. The third kappa shape index (κ3) is 3.66. The molecule has 3 nitrogen and oxygen atoms in total. The van der Waals surface area contributed by atoms with Crippen molar-refractivity contribution in [2.75, 3.05) is 6.26 Å². The molecule has 0 heterocycles. The summed E-state index contributed by atoms with van der Waals surface area (Å²) in [7, 11) is -3.27. The van der Waals surface area contributed by atoms with Crippen molar-refractivity contribution in [2.45, 2.75) is 10.8 Å². The largest absolute Gasteiger partial charge is 0.457 e. The molecule has 0 radical (unpaired) electrons. The van der Waals surface area contributed by atoms with Crippen LogP contribution in [0.5, 0.6) is 11.5 Å². The number of rotatable bonds is 4. The van der Waals surface area contributed by atoms with E-state index >= 15 is 0 Å². The molecule has 0 fully saturated rings. The van der Waals surface area contributed by atoms with Crippen LogP contribution >= 0.6 is 23.2 Å². The standard InChI is InChI=1S/C14H12Cl2O3S/c1-20(17,18)13-4-2-3-12(8-13)19-14-7-11(16)6-5-10(14)9-15/h2-8H,9H2,1H3. The SMILES string of the molecule is CS(=O)(=O)c1cccc(Oc2cc(Cl)ccc2CCl)c1. The number of hydrogen-bond acceptors (Lipinski definition) is 3. The van der Waals surface area contributed by atoms with E-state index in [1.807, 2.05) is 0 Å². The summed E-state index contributed by atoms with van der Waals surface area (Å²) in [5.41, 5.74) is 0.779. The van der Waals surface area contributed by atoms with Crippen LogP contribution in [-0.4, -0.2) is 14.7 Å². The van der Waals surface area contributed by atoms with Crippen molar-refractivity contribution >= 4 is 33.0 Å². The highest BCUT2D eigenvalue weighted by Gasteiger charge is 2.10. The van der Waals surface area contributed by atoms with Crippen molar-refractivity contribution in [3.05, 3.63) is 53.1 Å². The molecular formula is C14H12Cl2O3S. The summed E-state index contributed by atoms with van der Waals surface area (Å²) < 4.78 is 28.7. The lowest BCUT2D eigenvalue weighted by molar-refractivity contribution is 0.476. The Balaban J connectivity index is 2.38. The molecule has 0 aliphatic carbocycles. The van der Waals surface area contributed by atoms with Gasteiger partial charge < -0.3 is 4.74 Å². The van der Waals surface area contributed by atoms with E-state index in [0.29, 0.717) is 16.5 Å². The molecule has 0 amide bonds. The van der Waals surface area contributed by atoms with E-state index in [4.69, 9.17) is 27.9 Å². The van der Waals surface area contributed by atoms with E-state index in [0.717, 1.165) is 11.8 Å². The fourth-order valence-corrected chi connectivity index (χ4v) is 2.67. The molecule has 2 aromatic carbocycles. The highest BCUT2D eigenvalue weighted by molar-refractivity contribution is 7.90. The first-order valence-corrected chi connectivity index (χ1v) is 8.53. The molecule has 0 N–H and O–H groups in total. The van der Waals surface area contributed by atoms with Gasteiger partial charge in [-0.3, -0.25) is 0 Å². The van der Waals surface area contributed by atoms with Gasteiger partial charge in [-0.15, -0.1) is 11.6 Å². The highest BCUT2D eigenvalue weighted by atomic mass is 35.5. The van der Waals surface area contributed by atoms with E-state index in [1.54, 1.807) is 30.3 Å². The Morgan fingerprint density at radius 3 is 2.55 bits per heavy atom. The first-order valence-electron chi connectivity index (χ1n) is 5.72. The van der Waals surface area contributed by atoms with Gasteiger partial charge in [0.15, 0.2) is 9.84 Å². The zero-order valence-corrected chi connectivity index (χ0v) is 13.0. The molecule has 0 saturated carbocycles. The average molecular weight is 331 g/mol. The fourth-order valence-electron chi connectivity index (χ4n) is 1.63. The van der Waals surface area contributed by atoms with Crippen molar-refractivity contribution in [3.63, 3.8) is 0 Å². The van der Waals surface area contributed by atoms with E-state index in [2.05, 4.69) is 0 Å². The van der Waals surface area contributed by atoms with Crippen molar-refractivity contribution in [3.8, 4) is 11.5 Å². The third-order valence-electron chi connectivity index (χ3n) is 2.63. The predicted molar refractivity (Wildman–Crippen MR) is 80.6 cm³/mol. The molecule has 0 aromatic heterocycles. The van der Waals surface area contributed by atoms with Crippen LogP contribution in [0.25, 0.3) is 0 Å². The van der Waals surface area contributed by atoms with Crippen LogP contribution in [0.3, 0.4) is 0 Å². The molecule has 0 bridgehead atoms. The minimum absolute atomic E-state index is 0.199. The van der Waals surface area contributed by atoms with Gasteiger partial charge in [0.1, 0.15) is 11.5 Å². The Bertz CT molecular complexity index is 727. The molecule has 0 unspecified atom stereocenters. The highest BCUT2D eigenvalue weighted by Crippen LogP contribution is 2.30. The van der Waals surface area contributed by atoms with Crippen LogP contribution in [0.2, 0.25) is 5.02 Å². The van der Waals surface area contributed by atoms with Gasteiger partial charge in [-0.25, -0.2) is 8.42 Å². The number of benzene rings is 2. The normalized spacial score (nSPS) is 11.3. The van der Waals surface area contributed by atoms with Crippen LogP contribution in [-0.2, 0) is 15.7 Å². The molecular weight excluding hydrogens is 319 g/mol. The first-order chi connectivity index (χ1) is 9.40. The monoisotopic (exact) mass is 330 g/mol. The zero-order valence-electron chi connectivity index (χ0n) is 10.6. The van der Waals surface area contributed by atoms with Crippen molar-refractivity contribution < 1.29 is 13.2 Å². The fraction of sp³-hybridized carbons (Fsp3) is 0.143. The van der Waals surface area contributed by atoms with Gasteiger partial charge in [-0.1, -0.05) is 23.7 Å². The summed E-state index contributed by atoms with van der Waals surface area (Å²) >= 11 is 11.8. The lowest BCUT2D eigenvalue weighted by Gasteiger charge is -2.10. The van der Waals surface area contributed by atoms with Crippen LogP contribution in [0, 0.1) is 0 Å². The molecule has 6 heteroatoms. The number of sulfone groups is 1. The van der Waals surface area contributed by atoms with E-state index in [-0.39, 0.29) is 10.8 Å². The van der Waals surface area contributed by atoms with Gasteiger partial charge >= 0.3 is 0 Å². The second kappa shape index (κ2) is 6.04. The lowest BCUT2D eigenvalue weighted by Crippen LogP contribution is -1.97. The molecule has 0 aliphatic rings. The quantitative estimate of drug-likeness (QED) is 0.786. The summed E-state index contributed by atoms with van der Waals surface area (Å²) in [5, 5.41) is 0.521. The predicted octanol–water partition coefficient (Wildman–Crippen LogP) is 4.27. The van der Waals surface area contributed by atoms with Crippen LogP contribution in [0.4, 0.5) is 0 Å². The van der Waals surface area contributed by atoms with Crippen molar-refractivity contribution in [2.24, 2.45) is 0 Å². The van der Waals surface area contributed by atoms with Gasteiger partial charge in [0.2, 0.25) is 0 Å². The molecule has 20 heavy (non-hydrogen) atoms. The lowest BCUT2D eigenvalue weighted by atomic mass is 10.2. The minimum Gasteiger partial charge on any atom is -0.457 e. The first kappa shape index (κ1) is 15.2. The number of alkyl halides is 1. The van der Waals surface area contributed by atoms with Crippen molar-refractivity contribution in [1.29, 1.82) is 0 Å². The molecule has 0 aliphatic heterocycles. The molecule has 106 valence electrons. The zero-order chi connectivity index (χ0) is 14.8. The van der Waals surface area contributed by atoms with Crippen LogP contribution < -0.4 is 4.74 Å². The van der Waals surface area contributed by atoms with Gasteiger partial charge in [0.05, 0.1) is 10.8 Å². The number of hydrogen-bond donors (Lipinski definition) is 0. The third-order valence-corrected chi connectivity index (χ3v) is 4.27. The maximum Gasteiger partial charge on any atom is 0.175 e. The maximum absolute atomic E-state index is 11.5. The Labute approximate surface area is 128 Å². The summed E-state index contributed by atoms with van der Waals surface area (Å²) in [6.07, 6.45) is 1.15. The van der Waals surface area contributed by atoms with E-state index in [1.165, 1.54) is 12.1 Å². The van der Waals surface area contributed by atoms with Gasteiger partial charge in [-0.2, -0.15) is 0 Å². The Morgan fingerprint density at radius 2 is 1.90 bits per heavy atom. The minimum atomic E-state index is -3.27. The average Bonchev–Trinajstić information content (AvgIpc) is 2.38. The van der Waals surface area contributed by atoms with Gasteiger partial charge in [0, 0.05) is 16.8 Å².